The van der Waals surface area contributed by atoms with Gasteiger partial charge in [0.25, 0.3) is 0 Å². The molecule has 1 atom stereocenters. The van der Waals surface area contributed by atoms with E-state index < -0.39 is 0 Å². The third kappa shape index (κ3) is 4.68. The Labute approximate surface area is 128 Å². The highest BCUT2D eigenvalue weighted by atomic mass is 15.3. The Morgan fingerprint density at radius 3 is 2.71 bits per heavy atom. The van der Waals surface area contributed by atoms with Gasteiger partial charge in [-0.15, -0.1) is 0 Å². The van der Waals surface area contributed by atoms with Crippen LogP contribution in [0.2, 0.25) is 0 Å². The van der Waals surface area contributed by atoms with Crippen molar-refractivity contribution < 1.29 is 0 Å². The van der Waals surface area contributed by atoms with Crippen molar-refractivity contribution in [1.82, 2.24) is 15.2 Å². The summed E-state index contributed by atoms with van der Waals surface area (Å²) in [4.78, 5) is 0. The molecule has 2 rings (SSSR count). The summed E-state index contributed by atoms with van der Waals surface area (Å²) in [5, 5.41) is 4.73. The quantitative estimate of drug-likeness (QED) is 0.437. The van der Waals surface area contributed by atoms with Crippen molar-refractivity contribution in [2.24, 2.45) is 5.84 Å². The Kier molecular flexibility index (Phi) is 6.46. The van der Waals surface area contributed by atoms with E-state index in [1.165, 1.54) is 25.7 Å². The highest BCUT2D eigenvalue weighted by molar-refractivity contribution is 5.10. The van der Waals surface area contributed by atoms with E-state index in [0.717, 1.165) is 31.4 Å². The minimum atomic E-state index is 0.291. The van der Waals surface area contributed by atoms with Crippen LogP contribution >= 0.6 is 0 Å². The number of allylic oxidation sites excluding steroid dienone is 1. The standard InChI is InChI=1S/C17H30N4/c1-3-17(4-2)21-11-10-15(20-21)13-16(19-18)12-14-8-6-5-7-9-14/h8,10-11,16-17,19H,3-7,9,12-13,18H2,1-2H3. The van der Waals surface area contributed by atoms with E-state index in [-0.39, 0.29) is 0 Å². The summed E-state index contributed by atoms with van der Waals surface area (Å²) in [5.41, 5.74) is 5.67. The molecule has 0 aromatic carbocycles. The van der Waals surface area contributed by atoms with E-state index in [0.29, 0.717) is 12.1 Å². The average molecular weight is 290 g/mol. The number of nitrogens with two attached hydrogens (primary N) is 1. The molecule has 1 aromatic rings. The molecular weight excluding hydrogens is 260 g/mol. The van der Waals surface area contributed by atoms with Crippen molar-refractivity contribution in [3.05, 3.63) is 29.6 Å². The third-order valence-electron chi connectivity index (χ3n) is 4.57. The highest BCUT2D eigenvalue weighted by Gasteiger charge is 2.15. The van der Waals surface area contributed by atoms with Crippen LogP contribution in [0, 0.1) is 0 Å². The van der Waals surface area contributed by atoms with Gasteiger partial charge in [-0.1, -0.05) is 25.5 Å². The summed E-state index contributed by atoms with van der Waals surface area (Å²) in [6.07, 6.45) is 13.9. The van der Waals surface area contributed by atoms with Crippen LogP contribution in [0.4, 0.5) is 0 Å². The average Bonchev–Trinajstić information content (AvgIpc) is 2.97. The topological polar surface area (TPSA) is 55.9 Å². The van der Waals surface area contributed by atoms with Gasteiger partial charge < -0.3 is 0 Å². The Balaban J connectivity index is 1.93. The van der Waals surface area contributed by atoms with Crippen molar-refractivity contribution in [3.8, 4) is 0 Å². The van der Waals surface area contributed by atoms with E-state index in [4.69, 9.17) is 10.9 Å². The molecule has 0 radical (unpaired) electrons. The van der Waals surface area contributed by atoms with Crippen LogP contribution < -0.4 is 11.3 Å². The maximum Gasteiger partial charge on any atom is 0.0640 e. The van der Waals surface area contributed by atoms with Gasteiger partial charge in [-0.3, -0.25) is 16.0 Å². The van der Waals surface area contributed by atoms with Gasteiger partial charge in [-0.25, -0.2) is 0 Å². The summed E-state index contributed by atoms with van der Waals surface area (Å²) in [7, 11) is 0. The Morgan fingerprint density at radius 1 is 1.29 bits per heavy atom. The van der Waals surface area contributed by atoms with Crippen LogP contribution in [0.15, 0.2) is 23.9 Å². The van der Waals surface area contributed by atoms with Gasteiger partial charge in [-0.2, -0.15) is 5.10 Å². The van der Waals surface area contributed by atoms with Crippen LogP contribution in [-0.2, 0) is 6.42 Å². The normalized spacial score (nSPS) is 17.0. The second-order valence-corrected chi connectivity index (χ2v) is 6.14. The summed E-state index contributed by atoms with van der Waals surface area (Å²) in [5.74, 6) is 5.74. The van der Waals surface area contributed by atoms with E-state index in [1.807, 2.05) is 0 Å². The first-order valence-corrected chi connectivity index (χ1v) is 8.44. The van der Waals surface area contributed by atoms with Gasteiger partial charge in [0.1, 0.15) is 0 Å². The smallest absolute Gasteiger partial charge is 0.0640 e. The molecule has 1 aliphatic carbocycles. The number of hydrogen-bond donors (Lipinski definition) is 2. The second kappa shape index (κ2) is 8.35. The minimum Gasteiger partial charge on any atom is -0.271 e. The van der Waals surface area contributed by atoms with E-state index in [2.05, 4.69) is 42.3 Å². The highest BCUT2D eigenvalue weighted by Crippen LogP contribution is 2.22. The lowest BCUT2D eigenvalue weighted by Crippen LogP contribution is -2.37. The molecule has 0 saturated heterocycles. The molecule has 0 spiro atoms. The molecule has 4 heteroatoms. The van der Waals surface area contributed by atoms with Crippen LogP contribution in [-0.4, -0.2) is 15.8 Å². The zero-order valence-corrected chi connectivity index (χ0v) is 13.5. The fourth-order valence-electron chi connectivity index (χ4n) is 3.20. The maximum atomic E-state index is 5.74. The van der Waals surface area contributed by atoms with Crippen LogP contribution in [0.3, 0.4) is 0 Å². The molecule has 0 amide bonds. The van der Waals surface area contributed by atoms with Gasteiger partial charge in [-0.05, 0) is 51.0 Å². The summed E-state index contributed by atoms with van der Waals surface area (Å²) >= 11 is 0. The van der Waals surface area contributed by atoms with Crippen molar-refractivity contribution in [2.45, 2.75) is 77.3 Å². The molecular formula is C17H30N4. The number of hydrazine groups is 1. The molecule has 1 unspecified atom stereocenters. The lowest BCUT2D eigenvalue weighted by molar-refractivity contribution is 0.421. The fourth-order valence-corrected chi connectivity index (χ4v) is 3.20. The lowest BCUT2D eigenvalue weighted by Gasteiger charge is -2.19. The second-order valence-electron chi connectivity index (χ2n) is 6.14. The number of hydrogen-bond acceptors (Lipinski definition) is 3. The fraction of sp³-hybridized carbons (Fsp3) is 0.706. The largest absolute Gasteiger partial charge is 0.271 e. The number of rotatable bonds is 8. The third-order valence-corrected chi connectivity index (χ3v) is 4.57. The molecule has 0 bridgehead atoms. The molecule has 1 heterocycles. The lowest BCUT2D eigenvalue weighted by atomic mass is 9.93. The van der Waals surface area contributed by atoms with Crippen molar-refractivity contribution in [3.63, 3.8) is 0 Å². The van der Waals surface area contributed by atoms with Crippen LogP contribution in [0.25, 0.3) is 0 Å². The molecule has 1 aromatic heterocycles. The van der Waals surface area contributed by atoms with Gasteiger partial charge in [0.05, 0.1) is 11.7 Å². The van der Waals surface area contributed by atoms with E-state index >= 15 is 0 Å². The number of nitrogens with one attached hydrogen (secondary N) is 1. The molecule has 3 N–H and O–H groups in total. The Bertz CT molecular complexity index is 445. The first kappa shape index (κ1) is 16.2. The van der Waals surface area contributed by atoms with Crippen molar-refractivity contribution >= 4 is 0 Å². The summed E-state index contributed by atoms with van der Waals surface area (Å²) in [6.45, 7) is 4.44. The number of aromatic nitrogens is 2. The predicted molar refractivity (Wildman–Crippen MR) is 87.8 cm³/mol. The van der Waals surface area contributed by atoms with Gasteiger partial charge in [0.2, 0.25) is 0 Å². The monoisotopic (exact) mass is 290 g/mol. The SMILES string of the molecule is CCC(CC)n1ccc(CC(CC2=CCCCC2)NN)n1. The zero-order chi connectivity index (χ0) is 15.1. The summed E-state index contributed by atoms with van der Waals surface area (Å²) in [6, 6.07) is 2.95. The van der Waals surface area contributed by atoms with E-state index in [9.17, 15) is 0 Å². The minimum absolute atomic E-state index is 0.291. The first-order chi connectivity index (χ1) is 10.3. The Hall–Kier alpha value is -1.13. The number of nitrogens with zero attached hydrogens (tertiary/aromatic N) is 2. The molecule has 4 nitrogen and oxygen atoms in total. The zero-order valence-electron chi connectivity index (χ0n) is 13.5. The van der Waals surface area contributed by atoms with Crippen LogP contribution in [0.5, 0.6) is 0 Å². The van der Waals surface area contributed by atoms with Crippen molar-refractivity contribution in [1.29, 1.82) is 0 Å². The molecule has 0 saturated carbocycles. The molecule has 1 aliphatic rings. The van der Waals surface area contributed by atoms with E-state index in [1.54, 1.807) is 5.57 Å². The van der Waals surface area contributed by atoms with Crippen LogP contribution in [0.1, 0.15) is 70.5 Å². The molecule has 0 fully saturated rings. The molecule has 21 heavy (non-hydrogen) atoms. The Morgan fingerprint density at radius 2 is 2.10 bits per heavy atom. The molecule has 118 valence electrons. The van der Waals surface area contributed by atoms with Gasteiger partial charge in [0, 0.05) is 18.7 Å². The summed E-state index contributed by atoms with van der Waals surface area (Å²) < 4.78 is 2.11. The van der Waals surface area contributed by atoms with Gasteiger partial charge in [0.15, 0.2) is 0 Å². The first-order valence-electron chi connectivity index (χ1n) is 8.44. The van der Waals surface area contributed by atoms with Crippen molar-refractivity contribution in [2.75, 3.05) is 0 Å². The molecule has 0 aliphatic heterocycles. The maximum absolute atomic E-state index is 5.74. The van der Waals surface area contributed by atoms with Gasteiger partial charge >= 0.3 is 0 Å². The predicted octanol–water partition coefficient (Wildman–Crippen LogP) is 3.51.